The fraction of sp³-hybridized carbons (Fsp3) is 0.133. The minimum absolute atomic E-state index is 0.00774. The molecule has 0 aliphatic heterocycles. The van der Waals surface area contributed by atoms with Crippen molar-refractivity contribution >= 4 is 49.7 Å². The Morgan fingerprint density at radius 2 is 1.92 bits per heavy atom. The predicted octanol–water partition coefficient (Wildman–Crippen LogP) is 3.83. The van der Waals surface area contributed by atoms with Crippen LogP contribution in [-0.4, -0.2) is 29.6 Å². The zero-order valence-electron chi connectivity index (χ0n) is 12.8. The number of nitrogens with one attached hydrogen (secondary N) is 2. The number of alkyl halides is 3. The highest BCUT2D eigenvalue weighted by molar-refractivity contribution is 7.20. The number of thiazole rings is 1. The van der Waals surface area contributed by atoms with E-state index in [4.69, 9.17) is 0 Å². The van der Waals surface area contributed by atoms with Crippen LogP contribution in [-0.2, 0) is 4.84 Å². The number of nitrogens with zero attached hydrogens (tertiary/aromatic N) is 1. The highest BCUT2D eigenvalue weighted by Gasteiger charge is 2.28. The smallest absolute Gasteiger partial charge is 0.311 e. The molecule has 2 amide bonds. The maximum Gasteiger partial charge on any atom is 0.414 e. The number of anilines is 1. The molecule has 2 aromatic heterocycles. The van der Waals surface area contributed by atoms with Gasteiger partial charge in [-0.3, -0.25) is 14.4 Å². The van der Waals surface area contributed by atoms with Gasteiger partial charge in [0.05, 0.1) is 15.8 Å². The molecule has 3 rings (SSSR count). The lowest BCUT2D eigenvalue weighted by Crippen LogP contribution is -2.29. The second kappa shape index (κ2) is 7.40. The summed E-state index contributed by atoms with van der Waals surface area (Å²) < 4.78 is 37.0. The average Bonchev–Trinajstić information content (AvgIpc) is 3.19. The number of amides is 2. The van der Waals surface area contributed by atoms with E-state index in [-0.39, 0.29) is 15.6 Å². The average molecular weight is 401 g/mol. The number of benzene rings is 1. The molecule has 0 saturated carbocycles. The van der Waals surface area contributed by atoms with Gasteiger partial charge in [0.15, 0.2) is 11.6 Å². The van der Waals surface area contributed by atoms with Gasteiger partial charge in [0.1, 0.15) is 5.00 Å². The number of hydroxylamine groups is 1. The van der Waals surface area contributed by atoms with Gasteiger partial charge in [0.2, 0.25) is 0 Å². The van der Waals surface area contributed by atoms with E-state index in [0.29, 0.717) is 5.52 Å². The Hall–Kier alpha value is -2.50. The van der Waals surface area contributed by atoms with E-state index >= 15 is 0 Å². The van der Waals surface area contributed by atoms with Gasteiger partial charge in [-0.1, -0.05) is 12.1 Å². The maximum atomic E-state index is 12.3. The van der Waals surface area contributed by atoms with Gasteiger partial charge < -0.3 is 5.32 Å². The summed E-state index contributed by atoms with van der Waals surface area (Å²) in [6.07, 6.45) is -4.56. The highest BCUT2D eigenvalue weighted by Crippen LogP contribution is 2.26. The van der Waals surface area contributed by atoms with Gasteiger partial charge in [-0.2, -0.15) is 13.2 Å². The lowest BCUT2D eigenvalue weighted by atomic mass is 10.3. The second-order valence-electron chi connectivity index (χ2n) is 4.94. The van der Waals surface area contributed by atoms with Crippen molar-refractivity contribution in [2.24, 2.45) is 0 Å². The number of fused-ring (bicyclic) bond motifs is 1. The molecule has 2 N–H and O–H groups in total. The monoisotopic (exact) mass is 401 g/mol. The molecule has 0 saturated heterocycles. The van der Waals surface area contributed by atoms with Crippen LogP contribution >= 0.6 is 22.7 Å². The molecule has 6 nitrogen and oxygen atoms in total. The van der Waals surface area contributed by atoms with E-state index < -0.39 is 24.6 Å². The molecular weight excluding hydrogens is 391 g/mol. The predicted molar refractivity (Wildman–Crippen MR) is 91.4 cm³/mol. The quantitative estimate of drug-likeness (QED) is 0.637. The molecule has 0 atom stereocenters. The molecule has 0 radical (unpaired) electrons. The molecule has 3 aromatic rings. The van der Waals surface area contributed by atoms with E-state index in [2.05, 4.69) is 15.1 Å². The standard InChI is InChI=1S/C15H10F3N3O3S2/c16-15(17,18)7-24-21-11(22)8-5-6-25-13(8)20-12(23)14-19-9-3-1-2-4-10(9)26-14/h1-6H,7H2,(H,20,23)(H,21,22). The molecule has 11 heteroatoms. The third-order valence-electron chi connectivity index (χ3n) is 3.03. The van der Waals surface area contributed by atoms with Gasteiger partial charge in [-0.15, -0.1) is 22.7 Å². The zero-order chi connectivity index (χ0) is 18.7. The summed E-state index contributed by atoms with van der Waals surface area (Å²) in [6.45, 7) is -1.61. The first kappa shape index (κ1) is 18.3. The summed E-state index contributed by atoms with van der Waals surface area (Å²) in [4.78, 5) is 32.6. The van der Waals surface area contributed by atoms with Gasteiger partial charge >= 0.3 is 6.18 Å². The van der Waals surface area contributed by atoms with Crippen LogP contribution in [0.15, 0.2) is 35.7 Å². The van der Waals surface area contributed by atoms with Crippen LogP contribution in [0.4, 0.5) is 18.2 Å². The number of rotatable bonds is 5. The van der Waals surface area contributed by atoms with E-state index in [1.165, 1.54) is 22.8 Å². The van der Waals surface area contributed by atoms with Crippen molar-refractivity contribution in [1.29, 1.82) is 0 Å². The third kappa shape index (κ3) is 4.36. The van der Waals surface area contributed by atoms with Crippen molar-refractivity contribution in [3.63, 3.8) is 0 Å². The van der Waals surface area contributed by atoms with Crippen molar-refractivity contribution < 1.29 is 27.6 Å². The Morgan fingerprint density at radius 1 is 1.15 bits per heavy atom. The van der Waals surface area contributed by atoms with Crippen LogP contribution in [0.5, 0.6) is 0 Å². The number of hydrogen-bond donors (Lipinski definition) is 2. The number of thiophene rings is 1. The largest absolute Gasteiger partial charge is 0.414 e. The van der Waals surface area contributed by atoms with E-state index in [1.54, 1.807) is 17.6 Å². The Bertz CT molecular complexity index is 919. The summed E-state index contributed by atoms with van der Waals surface area (Å²) in [7, 11) is 0. The van der Waals surface area contributed by atoms with Crippen molar-refractivity contribution in [2.45, 2.75) is 6.18 Å². The summed E-state index contributed by atoms with van der Waals surface area (Å²) in [5.41, 5.74) is 2.37. The van der Waals surface area contributed by atoms with Gasteiger partial charge in [0, 0.05) is 0 Å². The Morgan fingerprint density at radius 3 is 2.65 bits per heavy atom. The number of carbonyl (C=O) groups is 2. The zero-order valence-corrected chi connectivity index (χ0v) is 14.4. The van der Waals surface area contributed by atoms with Crippen LogP contribution in [0.25, 0.3) is 10.2 Å². The minimum atomic E-state index is -4.56. The Kier molecular flexibility index (Phi) is 5.20. The topological polar surface area (TPSA) is 80.3 Å². The molecule has 26 heavy (non-hydrogen) atoms. The first-order valence-electron chi connectivity index (χ1n) is 7.07. The Labute approximate surface area is 152 Å². The SMILES string of the molecule is O=C(Nc1sccc1C(=O)NOCC(F)(F)F)c1nc2ccccc2s1. The van der Waals surface area contributed by atoms with Gasteiger partial charge in [-0.05, 0) is 23.6 Å². The molecule has 0 unspecified atom stereocenters. The van der Waals surface area contributed by atoms with Crippen LogP contribution in [0.3, 0.4) is 0 Å². The van der Waals surface area contributed by atoms with E-state index in [9.17, 15) is 22.8 Å². The van der Waals surface area contributed by atoms with Gasteiger partial charge in [-0.25, -0.2) is 10.5 Å². The summed E-state index contributed by atoms with van der Waals surface area (Å²) in [5.74, 6) is -1.41. The first-order chi connectivity index (χ1) is 12.3. The number of hydrogen-bond acceptors (Lipinski definition) is 6. The molecule has 1 aromatic carbocycles. The normalized spacial score (nSPS) is 11.5. The molecule has 0 bridgehead atoms. The lowest BCUT2D eigenvalue weighted by molar-refractivity contribution is -0.184. The summed E-state index contributed by atoms with van der Waals surface area (Å²) in [5, 5.41) is 4.46. The fourth-order valence-corrected chi connectivity index (χ4v) is 3.59. The van der Waals surface area contributed by atoms with Crippen molar-refractivity contribution in [1.82, 2.24) is 10.5 Å². The molecule has 0 fully saturated rings. The highest BCUT2D eigenvalue weighted by atomic mass is 32.1. The number of carbonyl (C=O) groups excluding carboxylic acids is 2. The van der Waals surface area contributed by atoms with Crippen molar-refractivity contribution in [3.05, 3.63) is 46.3 Å². The van der Waals surface area contributed by atoms with Crippen molar-refractivity contribution in [2.75, 3.05) is 11.9 Å². The third-order valence-corrected chi connectivity index (χ3v) is 4.89. The molecule has 2 heterocycles. The van der Waals surface area contributed by atoms with Crippen LogP contribution in [0.2, 0.25) is 0 Å². The van der Waals surface area contributed by atoms with Crippen LogP contribution < -0.4 is 10.8 Å². The first-order valence-corrected chi connectivity index (χ1v) is 8.76. The molecule has 136 valence electrons. The van der Waals surface area contributed by atoms with Gasteiger partial charge in [0.25, 0.3) is 11.8 Å². The number of halogens is 3. The van der Waals surface area contributed by atoms with Crippen molar-refractivity contribution in [3.8, 4) is 0 Å². The van der Waals surface area contributed by atoms with Crippen LogP contribution in [0, 0.1) is 0 Å². The molecular formula is C15H10F3N3O3S2. The maximum absolute atomic E-state index is 12.3. The number of para-hydroxylation sites is 1. The fourth-order valence-electron chi connectivity index (χ4n) is 1.95. The molecule has 0 spiro atoms. The van der Waals surface area contributed by atoms with E-state index in [0.717, 1.165) is 16.0 Å². The number of aromatic nitrogens is 1. The summed E-state index contributed by atoms with van der Waals surface area (Å²) >= 11 is 2.24. The second-order valence-corrected chi connectivity index (χ2v) is 6.89. The minimum Gasteiger partial charge on any atom is -0.311 e. The Balaban J connectivity index is 1.68. The van der Waals surface area contributed by atoms with E-state index in [1.807, 2.05) is 12.1 Å². The molecule has 0 aliphatic rings. The van der Waals surface area contributed by atoms with Crippen LogP contribution in [0.1, 0.15) is 20.2 Å². The summed E-state index contributed by atoms with van der Waals surface area (Å²) in [6, 6.07) is 8.58. The lowest BCUT2D eigenvalue weighted by Gasteiger charge is -2.09. The molecule has 0 aliphatic carbocycles.